The van der Waals surface area contributed by atoms with E-state index in [9.17, 15) is 0 Å². The fourth-order valence-corrected chi connectivity index (χ4v) is 2.40. The molecule has 3 nitrogen and oxygen atoms in total. The molecule has 1 unspecified atom stereocenters. The van der Waals surface area contributed by atoms with Gasteiger partial charge in [0.15, 0.2) is 0 Å². The first-order valence-electron chi connectivity index (χ1n) is 6.57. The predicted octanol–water partition coefficient (Wildman–Crippen LogP) is 2.55. The summed E-state index contributed by atoms with van der Waals surface area (Å²) >= 11 is 0. The third-order valence-electron chi connectivity index (χ3n) is 3.40. The van der Waals surface area contributed by atoms with E-state index in [0.717, 1.165) is 12.8 Å². The molecule has 1 heterocycles. The van der Waals surface area contributed by atoms with E-state index >= 15 is 0 Å². The lowest BCUT2D eigenvalue weighted by Crippen LogP contribution is -2.30. The van der Waals surface area contributed by atoms with Gasteiger partial charge < -0.3 is 5.32 Å². The number of aryl methyl sites for hydroxylation is 2. The number of rotatable bonds is 6. The van der Waals surface area contributed by atoms with E-state index < -0.39 is 0 Å². The summed E-state index contributed by atoms with van der Waals surface area (Å²) in [5.41, 5.74) is 2.84. The molecule has 0 bridgehead atoms. The Morgan fingerprint density at radius 3 is 2.59 bits per heavy atom. The van der Waals surface area contributed by atoms with E-state index in [4.69, 9.17) is 0 Å². The smallest absolute Gasteiger partial charge is 0.0624 e. The molecule has 1 atom stereocenters. The van der Waals surface area contributed by atoms with Crippen LogP contribution in [-0.4, -0.2) is 22.9 Å². The van der Waals surface area contributed by atoms with Crippen molar-refractivity contribution in [3.8, 4) is 0 Å². The van der Waals surface area contributed by atoms with Gasteiger partial charge in [-0.2, -0.15) is 5.10 Å². The molecule has 0 fully saturated rings. The highest BCUT2D eigenvalue weighted by molar-refractivity contribution is 5.11. The van der Waals surface area contributed by atoms with Gasteiger partial charge in [0.25, 0.3) is 0 Å². The lowest BCUT2D eigenvalue weighted by Gasteiger charge is -2.27. The molecule has 0 radical (unpaired) electrons. The van der Waals surface area contributed by atoms with E-state index in [1.165, 1.54) is 17.8 Å². The van der Waals surface area contributed by atoms with E-state index in [1.54, 1.807) is 0 Å². The van der Waals surface area contributed by atoms with Crippen molar-refractivity contribution in [1.82, 2.24) is 15.1 Å². The first-order valence-corrected chi connectivity index (χ1v) is 6.57. The van der Waals surface area contributed by atoms with Crippen LogP contribution in [0.2, 0.25) is 0 Å². The highest BCUT2D eigenvalue weighted by Crippen LogP contribution is 2.27. The minimum Gasteiger partial charge on any atom is -0.317 e. The van der Waals surface area contributed by atoms with E-state index in [2.05, 4.69) is 44.2 Å². The highest BCUT2D eigenvalue weighted by atomic mass is 15.3. The van der Waals surface area contributed by atoms with E-state index in [-0.39, 0.29) is 0 Å². The molecule has 0 spiro atoms. The van der Waals surface area contributed by atoms with Crippen molar-refractivity contribution >= 4 is 0 Å². The molecule has 1 aromatic heterocycles. The summed E-state index contributed by atoms with van der Waals surface area (Å²) in [4.78, 5) is 0. The Morgan fingerprint density at radius 1 is 1.47 bits per heavy atom. The zero-order valence-electron chi connectivity index (χ0n) is 12.2. The molecule has 0 aliphatic rings. The summed E-state index contributed by atoms with van der Waals surface area (Å²) in [5, 5.41) is 7.83. The maximum atomic E-state index is 4.51. The Morgan fingerprint density at radius 2 is 2.12 bits per heavy atom. The molecule has 1 aromatic rings. The Bertz CT molecular complexity index is 352. The first-order chi connectivity index (χ1) is 7.88. The number of nitrogens with one attached hydrogen (secondary N) is 1. The Hall–Kier alpha value is -0.830. The maximum absolute atomic E-state index is 4.51. The lowest BCUT2D eigenvalue weighted by atomic mass is 9.82. The van der Waals surface area contributed by atoms with Crippen LogP contribution in [0.3, 0.4) is 0 Å². The Labute approximate surface area is 106 Å². The van der Waals surface area contributed by atoms with Crippen LogP contribution in [0.25, 0.3) is 0 Å². The highest BCUT2D eigenvalue weighted by Gasteiger charge is 2.22. The fourth-order valence-electron chi connectivity index (χ4n) is 2.40. The zero-order valence-corrected chi connectivity index (χ0v) is 12.2. The van der Waals surface area contributed by atoms with Crippen molar-refractivity contribution in [3.63, 3.8) is 0 Å². The Kier molecular flexibility index (Phi) is 4.75. The van der Waals surface area contributed by atoms with Crippen LogP contribution in [-0.2, 0) is 19.9 Å². The number of aromatic nitrogens is 2. The van der Waals surface area contributed by atoms with Gasteiger partial charge in [0.2, 0.25) is 0 Å². The summed E-state index contributed by atoms with van der Waals surface area (Å²) in [6, 6.07) is 2.80. The molecular formula is C14H27N3. The maximum Gasteiger partial charge on any atom is 0.0624 e. The summed E-state index contributed by atoms with van der Waals surface area (Å²) in [6.07, 6.45) is 3.28. The molecule has 0 aliphatic heterocycles. The summed E-state index contributed by atoms with van der Waals surface area (Å²) in [7, 11) is 4.08. The van der Waals surface area contributed by atoms with Crippen molar-refractivity contribution < 1.29 is 0 Å². The van der Waals surface area contributed by atoms with Crippen molar-refractivity contribution in [2.24, 2.45) is 12.5 Å². The van der Waals surface area contributed by atoms with Crippen LogP contribution < -0.4 is 5.32 Å². The summed E-state index contributed by atoms with van der Waals surface area (Å²) < 4.78 is 2.03. The van der Waals surface area contributed by atoms with Gasteiger partial charge >= 0.3 is 0 Å². The van der Waals surface area contributed by atoms with Gasteiger partial charge in [0.05, 0.1) is 5.69 Å². The monoisotopic (exact) mass is 237 g/mol. The topological polar surface area (TPSA) is 29.9 Å². The van der Waals surface area contributed by atoms with Crippen molar-refractivity contribution in [3.05, 3.63) is 17.5 Å². The molecule has 1 rings (SSSR count). The minimum absolute atomic E-state index is 0.307. The summed E-state index contributed by atoms with van der Waals surface area (Å²) in [5.74, 6) is 0. The lowest BCUT2D eigenvalue weighted by molar-refractivity contribution is 0.287. The van der Waals surface area contributed by atoms with Crippen LogP contribution in [0.4, 0.5) is 0 Å². The van der Waals surface area contributed by atoms with E-state index in [1.807, 2.05) is 18.8 Å². The van der Waals surface area contributed by atoms with Gasteiger partial charge in [0.1, 0.15) is 0 Å². The van der Waals surface area contributed by atoms with Crippen LogP contribution in [0, 0.1) is 5.41 Å². The van der Waals surface area contributed by atoms with Gasteiger partial charge in [-0.25, -0.2) is 0 Å². The zero-order chi connectivity index (χ0) is 13.1. The quantitative estimate of drug-likeness (QED) is 0.824. The van der Waals surface area contributed by atoms with Crippen LogP contribution >= 0.6 is 0 Å². The first kappa shape index (κ1) is 14.2. The molecule has 0 saturated carbocycles. The van der Waals surface area contributed by atoms with Gasteiger partial charge in [-0.3, -0.25) is 4.68 Å². The molecule has 3 heteroatoms. The summed E-state index contributed by atoms with van der Waals surface area (Å²) in [6.45, 7) is 9.06. The second kappa shape index (κ2) is 5.67. The average Bonchev–Trinajstić information content (AvgIpc) is 2.58. The van der Waals surface area contributed by atoms with Gasteiger partial charge in [-0.1, -0.05) is 20.8 Å². The molecule has 0 aliphatic carbocycles. The number of hydrogen-bond acceptors (Lipinski definition) is 2. The average molecular weight is 237 g/mol. The number of hydrogen-bond donors (Lipinski definition) is 1. The van der Waals surface area contributed by atoms with Crippen LogP contribution in [0.15, 0.2) is 6.07 Å². The molecule has 98 valence electrons. The Balaban J connectivity index is 2.71. The van der Waals surface area contributed by atoms with Crippen molar-refractivity contribution in [2.75, 3.05) is 7.05 Å². The predicted molar refractivity (Wildman–Crippen MR) is 73.2 cm³/mol. The van der Waals surface area contributed by atoms with Gasteiger partial charge in [0, 0.05) is 18.8 Å². The van der Waals surface area contributed by atoms with Gasteiger partial charge in [-0.15, -0.1) is 0 Å². The SMILES string of the molecule is CCc1cc(CC(C)(C)CC(C)NC)n(C)n1. The van der Waals surface area contributed by atoms with Gasteiger partial charge in [-0.05, 0) is 44.7 Å². The molecule has 0 amide bonds. The van der Waals surface area contributed by atoms with Crippen LogP contribution in [0.1, 0.15) is 45.5 Å². The second-order valence-corrected chi connectivity index (χ2v) is 5.84. The largest absolute Gasteiger partial charge is 0.317 e. The molecule has 1 N–H and O–H groups in total. The number of nitrogens with zero attached hydrogens (tertiary/aromatic N) is 2. The van der Waals surface area contributed by atoms with Crippen LogP contribution in [0.5, 0.6) is 0 Å². The minimum atomic E-state index is 0.307. The normalized spacial score (nSPS) is 14.0. The second-order valence-electron chi connectivity index (χ2n) is 5.84. The van der Waals surface area contributed by atoms with Crippen molar-refractivity contribution in [2.45, 2.75) is 53.0 Å². The molecular weight excluding hydrogens is 210 g/mol. The third kappa shape index (κ3) is 4.15. The third-order valence-corrected chi connectivity index (χ3v) is 3.40. The molecule has 17 heavy (non-hydrogen) atoms. The molecule has 0 aromatic carbocycles. The van der Waals surface area contributed by atoms with E-state index in [0.29, 0.717) is 11.5 Å². The molecule has 0 saturated heterocycles. The van der Waals surface area contributed by atoms with Crippen molar-refractivity contribution in [1.29, 1.82) is 0 Å². The fraction of sp³-hybridized carbons (Fsp3) is 0.786. The standard InChI is InChI=1S/C14H27N3/c1-7-12-8-13(17(6)16-12)10-14(3,4)9-11(2)15-5/h8,11,15H,7,9-10H2,1-6H3.